The lowest BCUT2D eigenvalue weighted by Gasteiger charge is -2.06. The molecule has 0 aliphatic heterocycles. The number of rotatable bonds is 3. The third-order valence-electron chi connectivity index (χ3n) is 2.15. The van der Waals surface area contributed by atoms with E-state index in [0.717, 1.165) is 0 Å². The lowest BCUT2D eigenvalue weighted by molar-refractivity contribution is -0.115. The summed E-state index contributed by atoms with van der Waals surface area (Å²) >= 11 is 10.7. The Kier molecular flexibility index (Phi) is 4.86. The average molecular weight is 308 g/mol. The number of carbonyl (C=O) groups is 1. The second kappa shape index (κ2) is 6.83. The lowest BCUT2D eigenvalue weighted by Crippen LogP contribution is -2.33. The molecule has 0 spiro atoms. The molecular formula is C13H10ClN3O2S. The van der Waals surface area contributed by atoms with Crippen LogP contribution in [0.4, 0.5) is 5.82 Å². The Hall–Kier alpha value is -2.18. The van der Waals surface area contributed by atoms with Crippen molar-refractivity contribution in [2.75, 3.05) is 5.32 Å². The van der Waals surface area contributed by atoms with Gasteiger partial charge < -0.3 is 9.73 Å². The van der Waals surface area contributed by atoms with E-state index in [1.54, 1.807) is 30.3 Å². The Labute approximate surface area is 125 Å². The van der Waals surface area contributed by atoms with E-state index < -0.39 is 0 Å². The zero-order valence-corrected chi connectivity index (χ0v) is 11.7. The minimum atomic E-state index is -0.368. The molecule has 0 aliphatic rings. The van der Waals surface area contributed by atoms with Gasteiger partial charge in [-0.2, -0.15) is 0 Å². The van der Waals surface area contributed by atoms with Gasteiger partial charge in [0.15, 0.2) is 5.11 Å². The van der Waals surface area contributed by atoms with Gasteiger partial charge in [-0.1, -0.05) is 11.6 Å². The number of aromatic nitrogens is 1. The van der Waals surface area contributed by atoms with Gasteiger partial charge in [0.25, 0.3) is 0 Å². The second-order valence-corrected chi connectivity index (χ2v) is 4.50. The number of amides is 1. The Morgan fingerprint density at radius 1 is 1.40 bits per heavy atom. The zero-order chi connectivity index (χ0) is 14.4. The van der Waals surface area contributed by atoms with Crippen LogP contribution >= 0.6 is 23.8 Å². The number of hydrogen-bond donors (Lipinski definition) is 2. The largest absolute Gasteiger partial charge is 0.465 e. The Morgan fingerprint density at radius 2 is 2.25 bits per heavy atom. The van der Waals surface area contributed by atoms with Gasteiger partial charge in [0, 0.05) is 12.3 Å². The molecule has 7 heteroatoms. The second-order valence-electron chi connectivity index (χ2n) is 3.65. The number of carbonyl (C=O) groups excluding carboxylic acids is 1. The minimum absolute atomic E-state index is 0.147. The number of thiocarbonyl (C=S) groups is 1. The van der Waals surface area contributed by atoms with Crippen molar-refractivity contribution in [1.82, 2.24) is 10.3 Å². The van der Waals surface area contributed by atoms with E-state index in [-0.39, 0.29) is 11.0 Å². The van der Waals surface area contributed by atoms with E-state index in [0.29, 0.717) is 16.6 Å². The highest BCUT2D eigenvalue weighted by Gasteiger charge is 2.02. The van der Waals surface area contributed by atoms with Gasteiger partial charge in [-0.25, -0.2) is 4.98 Å². The summed E-state index contributed by atoms with van der Waals surface area (Å²) in [6, 6.07) is 6.78. The van der Waals surface area contributed by atoms with Gasteiger partial charge in [-0.15, -0.1) is 0 Å². The van der Waals surface area contributed by atoms with Crippen molar-refractivity contribution >= 4 is 46.7 Å². The van der Waals surface area contributed by atoms with Crippen LogP contribution in [0.15, 0.2) is 47.2 Å². The van der Waals surface area contributed by atoms with Crippen LogP contribution in [0.1, 0.15) is 5.76 Å². The molecule has 20 heavy (non-hydrogen) atoms. The molecule has 2 rings (SSSR count). The summed E-state index contributed by atoms with van der Waals surface area (Å²) in [4.78, 5) is 15.6. The molecule has 0 atom stereocenters. The number of anilines is 1. The third-order valence-corrected chi connectivity index (χ3v) is 2.58. The van der Waals surface area contributed by atoms with Crippen LogP contribution in [-0.4, -0.2) is 16.0 Å². The van der Waals surface area contributed by atoms with Crippen molar-refractivity contribution in [3.05, 3.63) is 53.6 Å². The molecular weight excluding hydrogens is 298 g/mol. The van der Waals surface area contributed by atoms with Crippen LogP contribution in [0.5, 0.6) is 0 Å². The van der Waals surface area contributed by atoms with E-state index in [1.165, 1.54) is 18.5 Å². The van der Waals surface area contributed by atoms with Crippen molar-refractivity contribution in [2.24, 2.45) is 0 Å². The molecule has 0 aromatic carbocycles. The fourth-order valence-corrected chi connectivity index (χ4v) is 1.61. The van der Waals surface area contributed by atoms with Crippen LogP contribution in [0.3, 0.4) is 0 Å². The number of halogens is 1. The molecule has 0 unspecified atom stereocenters. The highest BCUT2D eigenvalue weighted by molar-refractivity contribution is 7.80. The monoisotopic (exact) mass is 307 g/mol. The molecule has 5 nitrogen and oxygen atoms in total. The molecule has 102 valence electrons. The number of furan rings is 1. The Balaban J connectivity index is 1.85. The molecule has 0 fully saturated rings. The topological polar surface area (TPSA) is 67.2 Å². The maximum atomic E-state index is 11.6. The fourth-order valence-electron chi connectivity index (χ4n) is 1.29. The number of pyridine rings is 1. The van der Waals surface area contributed by atoms with E-state index in [2.05, 4.69) is 15.6 Å². The third kappa shape index (κ3) is 4.49. The summed E-state index contributed by atoms with van der Waals surface area (Å²) in [6.45, 7) is 0. The maximum Gasteiger partial charge on any atom is 0.250 e. The summed E-state index contributed by atoms with van der Waals surface area (Å²) in [5, 5.41) is 5.92. The van der Waals surface area contributed by atoms with E-state index in [4.69, 9.17) is 28.2 Å². The summed E-state index contributed by atoms with van der Waals surface area (Å²) in [5.41, 5.74) is 0. The van der Waals surface area contributed by atoms with Gasteiger partial charge in [0.1, 0.15) is 11.6 Å². The summed E-state index contributed by atoms with van der Waals surface area (Å²) in [7, 11) is 0. The van der Waals surface area contributed by atoms with Crippen LogP contribution in [0.25, 0.3) is 6.08 Å². The van der Waals surface area contributed by atoms with Crippen LogP contribution in [0.2, 0.25) is 5.02 Å². The van der Waals surface area contributed by atoms with E-state index >= 15 is 0 Å². The van der Waals surface area contributed by atoms with Crippen molar-refractivity contribution in [2.45, 2.75) is 0 Å². The molecule has 0 aliphatic carbocycles. The molecule has 0 radical (unpaired) electrons. The van der Waals surface area contributed by atoms with Crippen LogP contribution in [0, 0.1) is 0 Å². The predicted molar refractivity (Wildman–Crippen MR) is 81.4 cm³/mol. The number of nitrogens with zero attached hydrogens (tertiary/aromatic N) is 1. The summed E-state index contributed by atoms with van der Waals surface area (Å²) < 4.78 is 5.06. The first-order valence-electron chi connectivity index (χ1n) is 5.58. The van der Waals surface area contributed by atoms with Crippen molar-refractivity contribution in [1.29, 1.82) is 0 Å². The molecule has 0 saturated carbocycles. The van der Waals surface area contributed by atoms with Gasteiger partial charge in [0.2, 0.25) is 5.91 Å². The highest BCUT2D eigenvalue weighted by Crippen LogP contribution is 2.09. The molecule has 0 bridgehead atoms. The summed E-state index contributed by atoms with van der Waals surface area (Å²) in [6.07, 6.45) is 5.86. The number of hydrogen-bond acceptors (Lipinski definition) is 4. The molecule has 0 saturated heterocycles. The lowest BCUT2D eigenvalue weighted by atomic mass is 10.4. The van der Waals surface area contributed by atoms with Gasteiger partial charge in [0.05, 0.1) is 11.3 Å². The first-order valence-corrected chi connectivity index (χ1v) is 6.37. The molecule has 2 N–H and O–H groups in total. The van der Waals surface area contributed by atoms with Gasteiger partial charge >= 0.3 is 0 Å². The number of nitrogens with one attached hydrogen (secondary N) is 2. The predicted octanol–water partition coefficient (Wildman–Crippen LogP) is 2.85. The van der Waals surface area contributed by atoms with Crippen molar-refractivity contribution < 1.29 is 9.21 Å². The van der Waals surface area contributed by atoms with Crippen molar-refractivity contribution in [3.63, 3.8) is 0 Å². The quantitative estimate of drug-likeness (QED) is 0.674. The first-order chi connectivity index (χ1) is 9.63. The van der Waals surface area contributed by atoms with Crippen LogP contribution in [-0.2, 0) is 4.79 Å². The molecule has 2 aromatic rings. The van der Waals surface area contributed by atoms with Crippen LogP contribution < -0.4 is 10.6 Å². The van der Waals surface area contributed by atoms with Gasteiger partial charge in [-0.3, -0.25) is 10.1 Å². The fraction of sp³-hybridized carbons (Fsp3) is 0. The Morgan fingerprint density at radius 3 is 2.90 bits per heavy atom. The first kappa shape index (κ1) is 14.2. The SMILES string of the molecule is O=C(/C=C\c1ccco1)NC(=S)Nc1ccc(Cl)cn1. The highest BCUT2D eigenvalue weighted by atomic mass is 35.5. The normalized spacial score (nSPS) is 10.4. The summed E-state index contributed by atoms with van der Waals surface area (Å²) in [5.74, 6) is 0.709. The molecule has 2 aromatic heterocycles. The van der Waals surface area contributed by atoms with Crippen molar-refractivity contribution in [3.8, 4) is 0 Å². The van der Waals surface area contributed by atoms with E-state index in [9.17, 15) is 4.79 Å². The standard InChI is InChI=1S/C13H10ClN3O2S/c14-9-3-5-11(15-8-9)16-13(20)17-12(18)6-4-10-2-1-7-19-10/h1-8H,(H2,15,16,17,18,20)/b6-4-. The maximum absolute atomic E-state index is 11.6. The van der Waals surface area contributed by atoms with Gasteiger partial charge in [-0.05, 0) is 42.6 Å². The Bertz CT molecular complexity index is 624. The molecule has 2 heterocycles. The minimum Gasteiger partial charge on any atom is -0.465 e. The average Bonchev–Trinajstić information content (AvgIpc) is 2.92. The smallest absolute Gasteiger partial charge is 0.250 e. The van der Waals surface area contributed by atoms with E-state index in [1.807, 2.05) is 0 Å². The zero-order valence-electron chi connectivity index (χ0n) is 10.2. The molecule has 1 amide bonds.